The fraction of sp³-hybridized carbons (Fsp3) is 0.231. The fourth-order valence-corrected chi connectivity index (χ4v) is 4.29. The smallest absolute Gasteiger partial charge is 0.273 e. The van der Waals surface area contributed by atoms with Crippen molar-refractivity contribution >= 4 is 5.91 Å². The summed E-state index contributed by atoms with van der Waals surface area (Å²) < 4.78 is 11.3. The summed E-state index contributed by atoms with van der Waals surface area (Å²) in [6.45, 7) is 4.98. The van der Waals surface area contributed by atoms with E-state index in [1.54, 1.807) is 17.2 Å². The quantitative estimate of drug-likeness (QED) is 0.409. The van der Waals surface area contributed by atoms with Crippen molar-refractivity contribution in [2.75, 3.05) is 6.61 Å². The predicted molar refractivity (Wildman–Crippen MR) is 123 cm³/mol. The number of aromatic amines is 1. The standard InChI is InChI=1S/C26H25N3O4/c1-3-12-32-18-9-7-17(8-10-18)25-22-23(20-14-16(2)6-11-21(20)30)27-28-24(22)26(31)29(25)15-19-5-4-13-33-19/h4-11,13-14,25,30H,3,12,15H2,1-2H3,(H,27,28). The number of amides is 1. The van der Waals surface area contributed by atoms with E-state index in [4.69, 9.17) is 9.15 Å². The Morgan fingerprint density at radius 1 is 1.18 bits per heavy atom. The molecule has 2 aromatic heterocycles. The van der Waals surface area contributed by atoms with Gasteiger partial charge in [-0.05, 0) is 55.3 Å². The molecular formula is C26H25N3O4. The van der Waals surface area contributed by atoms with E-state index in [0.717, 1.165) is 28.9 Å². The van der Waals surface area contributed by atoms with Gasteiger partial charge in [-0.25, -0.2) is 0 Å². The van der Waals surface area contributed by atoms with Crippen molar-refractivity contribution < 1.29 is 19.1 Å². The molecule has 1 unspecified atom stereocenters. The molecule has 4 aromatic rings. The first-order chi connectivity index (χ1) is 16.1. The highest BCUT2D eigenvalue weighted by Gasteiger charge is 2.42. The van der Waals surface area contributed by atoms with Crippen LogP contribution in [0.25, 0.3) is 11.3 Å². The Morgan fingerprint density at radius 2 is 2.00 bits per heavy atom. The van der Waals surface area contributed by atoms with E-state index in [-0.39, 0.29) is 11.7 Å². The van der Waals surface area contributed by atoms with E-state index in [2.05, 4.69) is 17.1 Å². The number of furan rings is 1. The number of carbonyl (C=O) groups excluding carboxylic acids is 1. The number of hydrogen-bond donors (Lipinski definition) is 2. The number of aryl methyl sites for hydroxylation is 1. The lowest BCUT2D eigenvalue weighted by atomic mass is 9.95. The van der Waals surface area contributed by atoms with Crippen molar-refractivity contribution in [3.8, 4) is 22.8 Å². The number of ether oxygens (including phenoxy) is 1. The molecular weight excluding hydrogens is 418 g/mol. The number of nitrogens with zero attached hydrogens (tertiary/aromatic N) is 2. The van der Waals surface area contributed by atoms with Gasteiger partial charge >= 0.3 is 0 Å². The first-order valence-electron chi connectivity index (χ1n) is 11.0. The summed E-state index contributed by atoms with van der Waals surface area (Å²) in [7, 11) is 0. The Hall–Kier alpha value is -4.00. The van der Waals surface area contributed by atoms with Gasteiger partial charge in [-0.15, -0.1) is 0 Å². The molecule has 0 spiro atoms. The molecule has 1 atom stereocenters. The van der Waals surface area contributed by atoms with Crippen molar-refractivity contribution in [3.05, 3.63) is 89.0 Å². The molecule has 0 saturated carbocycles. The molecule has 0 fully saturated rings. The molecule has 0 bridgehead atoms. The minimum absolute atomic E-state index is 0.119. The van der Waals surface area contributed by atoms with Crippen LogP contribution in [0.5, 0.6) is 11.5 Å². The normalized spacial score (nSPS) is 15.2. The van der Waals surface area contributed by atoms with Crippen LogP contribution in [0.1, 0.15) is 52.3 Å². The van der Waals surface area contributed by atoms with Gasteiger partial charge < -0.3 is 19.2 Å². The number of fused-ring (bicyclic) bond motifs is 1. The molecule has 0 aliphatic carbocycles. The van der Waals surface area contributed by atoms with Crippen LogP contribution >= 0.6 is 0 Å². The number of aromatic nitrogens is 2. The zero-order valence-corrected chi connectivity index (χ0v) is 18.5. The number of benzene rings is 2. The Kier molecular flexibility index (Phi) is 5.38. The third-order valence-electron chi connectivity index (χ3n) is 5.85. The van der Waals surface area contributed by atoms with E-state index in [1.807, 2.05) is 55.5 Å². The highest BCUT2D eigenvalue weighted by Crippen LogP contribution is 2.45. The SMILES string of the molecule is CCCOc1ccc(C2c3c(-c4cc(C)ccc4O)n[nH]c3C(=O)N2Cc2ccco2)cc1. The predicted octanol–water partition coefficient (Wildman–Crippen LogP) is 5.22. The van der Waals surface area contributed by atoms with Crippen molar-refractivity contribution in [2.24, 2.45) is 0 Å². The summed E-state index contributed by atoms with van der Waals surface area (Å²) in [6, 6.07) is 16.4. The summed E-state index contributed by atoms with van der Waals surface area (Å²) in [5.41, 5.74) is 4.24. The Morgan fingerprint density at radius 3 is 2.73 bits per heavy atom. The summed E-state index contributed by atoms with van der Waals surface area (Å²) >= 11 is 0. The maximum Gasteiger partial charge on any atom is 0.273 e. The molecule has 2 aromatic carbocycles. The highest BCUT2D eigenvalue weighted by atomic mass is 16.5. The average molecular weight is 444 g/mol. The topological polar surface area (TPSA) is 91.6 Å². The number of rotatable bonds is 7. The third kappa shape index (κ3) is 3.75. The zero-order chi connectivity index (χ0) is 22.9. The molecule has 1 aliphatic heterocycles. The fourth-order valence-electron chi connectivity index (χ4n) is 4.29. The monoisotopic (exact) mass is 443 g/mol. The maximum absolute atomic E-state index is 13.4. The zero-order valence-electron chi connectivity index (χ0n) is 18.5. The van der Waals surface area contributed by atoms with Crippen molar-refractivity contribution in [1.29, 1.82) is 0 Å². The van der Waals surface area contributed by atoms with Crippen LogP contribution in [0.15, 0.2) is 65.3 Å². The van der Waals surface area contributed by atoms with Gasteiger partial charge in [0.15, 0.2) is 0 Å². The number of aromatic hydroxyl groups is 1. The number of phenolic OH excluding ortho intramolecular Hbond substituents is 1. The molecule has 2 N–H and O–H groups in total. The first kappa shape index (κ1) is 20.9. The molecule has 7 nitrogen and oxygen atoms in total. The van der Waals surface area contributed by atoms with Crippen molar-refractivity contribution in [3.63, 3.8) is 0 Å². The molecule has 0 saturated heterocycles. The summed E-state index contributed by atoms with van der Waals surface area (Å²) in [5.74, 6) is 1.43. The van der Waals surface area contributed by atoms with Gasteiger partial charge in [-0.2, -0.15) is 5.10 Å². The highest BCUT2D eigenvalue weighted by molar-refractivity contribution is 6.00. The summed E-state index contributed by atoms with van der Waals surface area (Å²) in [4.78, 5) is 15.2. The number of nitrogens with one attached hydrogen (secondary N) is 1. The van der Waals surface area contributed by atoms with Crippen LogP contribution < -0.4 is 4.74 Å². The number of hydrogen-bond acceptors (Lipinski definition) is 5. The van der Waals surface area contributed by atoms with Gasteiger partial charge in [0.2, 0.25) is 0 Å². The molecule has 33 heavy (non-hydrogen) atoms. The van der Waals surface area contributed by atoms with E-state index < -0.39 is 6.04 Å². The van der Waals surface area contributed by atoms with Gasteiger partial charge in [0.05, 0.1) is 25.5 Å². The Labute approximate surface area is 191 Å². The number of phenols is 1. The number of H-pyrrole nitrogens is 1. The van der Waals surface area contributed by atoms with Gasteiger partial charge in [-0.3, -0.25) is 9.89 Å². The summed E-state index contributed by atoms with van der Waals surface area (Å²) in [5, 5.41) is 17.9. The van der Waals surface area contributed by atoms with Crippen molar-refractivity contribution in [1.82, 2.24) is 15.1 Å². The second kappa shape index (κ2) is 8.50. The van der Waals surface area contributed by atoms with Crippen LogP contribution in [-0.4, -0.2) is 32.7 Å². The average Bonchev–Trinajstić information content (AvgIpc) is 3.54. The molecule has 1 amide bonds. The molecule has 0 radical (unpaired) electrons. The molecule has 168 valence electrons. The van der Waals surface area contributed by atoms with E-state index in [9.17, 15) is 9.90 Å². The van der Waals surface area contributed by atoms with E-state index in [0.29, 0.717) is 35.9 Å². The van der Waals surface area contributed by atoms with Gasteiger partial charge in [-0.1, -0.05) is 30.7 Å². The lowest BCUT2D eigenvalue weighted by Gasteiger charge is -2.26. The minimum atomic E-state index is -0.397. The lowest BCUT2D eigenvalue weighted by molar-refractivity contribution is 0.0717. The molecule has 7 heteroatoms. The number of carbonyl (C=O) groups is 1. The van der Waals surface area contributed by atoms with E-state index in [1.165, 1.54) is 0 Å². The summed E-state index contributed by atoms with van der Waals surface area (Å²) in [6.07, 6.45) is 2.53. The lowest BCUT2D eigenvalue weighted by Crippen LogP contribution is -2.29. The maximum atomic E-state index is 13.4. The largest absolute Gasteiger partial charge is 0.507 e. The van der Waals surface area contributed by atoms with Crippen LogP contribution in [0, 0.1) is 6.92 Å². The second-order valence-electron chi connectivity index (χ2n) is 8.21. The Bertz CT molecular complexity index is 1280. The Balaban J connectivity index is 1.62. The molecule has 1 aliphatic rings. The molecule has 3 heterocycles. The second-order valence-corrected chi connectivity index (χ2v) is 8.21. The van der Waals surface area contributed by atoms with Gasteiger partial charge in [0.1, 0.15) is 28.6 Å². The van der Waals surface area contributed by atoms with Crippen molar-refractivity contribution in [2.45, 2.75) is 32.9 Å². The van der Waals surface area contributed by atoms with Gasteiger partial charge in [0, 0.05) is 11.1 Å². The third-order valence-corrected chi connectivity index (χ3v) is 5.85. The van der Waals surface area contributed by atoms with Gasteiger partial charge in [0.25, 0.3) is 5.91 Å². The first-order valence-corrected chi connectivity index (χ1v) is 11.0. The molecule has 5 rings (SSSR count). The van der Waals surface area contributed by atoms with Crippen LogP contribution in [-0.2, 0) is 6.54 Å². The van der Waals surface area contributed by atoms with Crippen LogP contribution in [0.4, 0.5) is 0 Å². The minimum Gasteiger partial charge on any atom is -0.507 e. The van der Waals surface area contributed by atoms with Crippen LogP contribution in [0.2, 0.25) is 0 Å². The van der Waals surface area contributed by atoms with E-state index >= 15 is 0 Å². The van der Waals surface area contributed by atoms with Crippen LogP contribution in [0.3, 0.4) is 0 Å².